The third-order valence-corrected chi connectivity index (χ3v) is 10.6. The zero-order valence-corrected chi connectivity index (χ0v) is 32.7. The highest BCUT2D eigenvalue weighted by Gasteiger charge is 2.44. The first-order chi connectivity index (χ1) is 24.8. The van der Waals surface area contributed by atoms with E-state index in [2.05, 4.69) is 12.2 Å². The molecule has 304 valence electrons. The van der Waals surface area contributed by atoms with E-state index in [1.54, 1.807) is 6.92 Å². The Bertz CT molecular complexity index is 788. The number of hydrogen-bond acceptors (Lipinski definition) is 9. The summed E-state index contributed by atoms with van der Waals surface area (Å²) in [6.07, 6.45) is 25.4. The molecule has 0 spiro atoms. The topological polar surface area (TPSA) is 169 Å². The van der Waals surface area contributed by atoms with Crippen molar-refractivity contribution in [2.24, 2.45) is 0 Å². The lowest BCUT2D eigenvalue weighted by atomic mass is 9.99. The molecule has 51 heavy (non-hydrogen) atoms. The Labute approximate surface area is 311 Å². The van der Waals surface area contributed by atoms with E-state index in [0.717, 1.165) is 25.7 Å². The summed E-state index contributed by atoms with van der Waals surface area (Å²) in [6, 6.07) is -0.983. The van der Waals surface area contributed by atoms with Gasteiger partial charge in [0.05, 0.1) is 25.4 Å². The van der Waals surface area contributed by atoms with Gasteiger partial charge >= 0.3 is 0 Å². The van der Waals surface area contributed by atoms with Crippen molar-refractivity contribution in [3.05, 3.63) is 0 Å². The van der Waals surface area contributed by atoms with Gasteiger partial charge in [-0.2, -0.15) is 0 Å². The maximum Gasteiger partial charge on any atom is 0.220 e. The molecule has 7 N–H and O–H groups in total. The Kier molecular flexibility index (Phi) is 30.8. The van der Waals surface area contributed by atoms with Gasteiger partial charge in [0.2, 0.25) is 5.91 Å². The predicted molar refractivity (Wildman–Crippen MR) is 204 cm³/mol. The van der Waals surface area contributed by atoms with E-state index in [-0.39, 0.29) is 25.4 Å². The van der Waals surface area contributed by atoms with Crippen LogP contribution in [0.15, 0.2) is 0 Å². The summed E-state index contributed by atoms with van der Waals surface area (Å²) in [7, 11) is 0. The van der Waals surface area contributed by atoms with Crippen LogP contribution in [0.3, 0.4) is 0 Å². The van der Waals surface area contributed by atoms with Crippen molar-refractivity contribution in [1.82, 2.24) is 5.32 Å². The third kappa shape index (κ3) is 23.5. The highest BCUT2D eigenvalue weighted by atomic mass is 16.7. The second-order valence-corrected chi connectivity index (χ2v) is 15.3. The normalized spacial score (nSPS) is 22.5. The van der Waals surface area contributed by atoms with E-state index in [4.69, 9.17) is 9.47 Å². The summed E-state index contributed by atoms with van der Waals surface area (Å²) >= 11 is 0. The lowest BCUT2D eigenvalue weighted by molar-refractivity contribution is -0.303. The molecule has 10 heteroatoms. The Balaban J connectivity index is 2.00. The second kappa shape index (κ2) is 32.6. The van der Waals surface area contributed by atoms with Crippen molar-refractivity contribution in [3.63, 3.8) is 0 Å². The van der Waals surface area contributed by atoms with Crippen molar-refractivity contribution in [2.45, 2.75) is 243 Å². The molecule has 1 aliphatic rings. The van der Waals surface area contributed by atoms with E-state index in [0.29, 0.717) is 0 Å². The van der Waals surface area contributed by atoms with Crippen LogP contribution >= 0.6 is 0 Å². The molecule has 0 unspecified atom stereocenters. The first-order valence-corrected chi connectivity index (χ1v) is 21.3. The van der Waals surface area contributed by atoms with Crippen LogP contribution in [0, 0.1) is 0 Å². The highest BCUT2D eigenvalue weighted by molar-refractivity contribution is 5.76. The predicted octanol–water partition coefficient (Wildman–Crippen LogP) is 6.97. The maximum atomic E-state index is 12.7. The number of hydrogen-bond donors (Lipinski definition) is 7. The van der Waals surface area contributed by atoms with Gasteiger partial charge in [-0.1, -0.05) is 174 Å². The third-order valence-electron chi connectivity index (χ3n) is 10.6. The van der Waals surface area contributed by atoms with Crippen molar-refractivity contribution >= 4 is 5.91 Å². The Morgan fingerprint density at radius 1 is 0.608 bits per heavy atom. The number of carbonyl (C=O) groups is 1. The molecule has 0 aromatic rings. The minimum Gasteiger partial charge on any atom is -0.394 e. The van der Waals surface area contributed by atoms with Gasteiger partial charge < -0.3 is 45.4 Å². The molecule has 1 rings (SSSR count). The highest BCUT2D eigenvalue weighted by Crippen LogP contribution is 2.23. The summed E-state index contributed by atoms with van der Waals surface area (Å²) < 4.78 is 10.9. The minimum absolute atomic E-state index is 0.257. The molecule has 1 saturated heterocycles. The molecule has 0 bridgehead atoms. The Hall–Kier alpha value is -0.850. The molecule has 0 radical (unpaired) electrons. The molecule has 10 nitrogen and oxygen atoms in total. The van der Waals surface area contributed by atoms with Crippen molar-refractivity contribution in [3.8, 4) is 0 Å². The fourth-order valence-corrected chi connectivity index (χ4v) is 7.02. The Morgan fingerprint density at radius 3 is 1.37 bits per heavy atom. The standard InChI is InChI=1S/C41H81NO9/c1-3-5-6-7-8-9-10-11-12-13-14-15-16-17-18-19-20-21-22-23-24-25-26-27-28-29-30-36(45)42-33(37(46)34(44)4-2)32-50-41-40(49)39(48)38(47)35(31-43)51-41/h33-35,37-41,43-44,46-49H,3-32H2,1-2H3,(H,42,45)/t33-,34+,35+,37-,38-,39-,40+,41-/m0/s1. The zero-order valence-electron chi connectivity index (χ0n) is 32.7. The van der Waals surface area contributed by atoms with Crippen LogP contribution in [0.2, 0.25) is 0 Å². The van der Waals surface area contributed by atoms with Crippen LogP contribution in [-0.2, 0) is 14.3 Å². The molecule has 0 aromatic carbocycles. The van der Waals surface area contributed by atoms with Gasteiger partial charge in [-0.15, -0.1) is 0 Å². The number of amides is 1. The average molecular weight is 732 g/mol. The largest absolute Gasteiger partial charge is 0.394 e. The van der Waals surface area contributed by atoms with Crippen molar-refractivity contribution in [2.75, 3.05) is 13.2 Å². The van der Waals surface area contributed by atoms with Gasteiger partial charge in [0.25, 0.3) is 0 Å². The summed E-state index contributed by atoms with van der Waals surface area (Å²) in [5, 5.41) is 63.1. The second-order valence-electron chi connectivity index (χ2n) is 15.3. The number of nitrogens with one attached hydrogen (secondary N) is 1. The van der Waals surface area contributed by atoms with Gasteiger partial charge in [-0.25, -0.2) is 0 Å². The molecule has 0 saturated carbocycles. The number of aliphatic hydroxyl groups is 6. The monoisotopic (exact) mass is 732 g/mol. The van der Waals surface area contributed by atoms with Crippen LogP contribution in [0.1, 0.15) is 194 Å². The van der Waals surface area contributed by atoms with Crippen LogP contribution in [-0.4, -0.2) is 98.7 Å². The Morgan fingerprint density at radius 2 is 1.00 bits per heavy atom. The number of unbranched alkanes of at least 4 members (excludes halogenated alkanes) is 25. The fourth-order valence-electron chi connectivity index (χ4n) is 7.02. The van der Waals surface area contributed by atoms with Gasteiger partial charge in [-0.05, 0) is 12.8 Å². The van der Waals surface area contributed by atoms with Crippen molar-refractivity contribution < 1.29 is 44.9 Å². The van der Waals surface area contributed by atoms with E-state index in [9.17, 15) is 35.4 Å². The lowest BCUT2D eigenvalue weighted by Gasteiger charge is -2.40. The van der Waals surface area contributed by atoms with E-state index in [1.165, 1.54) is 141 Å². The molecule has 0 aliphatic carbocycles. The van der Waals surface area contributed by atoms with Crippen LogP contribution < -0.4 is 5.32 Å². The first kappa shape index (κ1) is 48.2. The van der Waals surface area contributed by atoms with Crippen LogP contribution in [0.25, 0.3) is 0 Å². The zero-order chi connectivity index (χ0) is 37.5. The van der Waals surface area contributed by atoms with Gasteiger partial charge in [0.1, 0.15) is 30.5 Å². The van der Waals surface area contributed by atoms with E-state index in [1.807, 2.05) is 0 Å². The average Bonchev–Trinajstić information content (AvgIpc) is 3.13. The summed E-state index contributed by atoms with van der Waals surface area (Å²) in [6.45, 7) is 3.08. The van der Waals surface area contributed by atoms with Gasteiger partial charge in [0, 0.05) is 6.42 Å². The molecular formula is C41H81NO9. The van der Waals surface area contributed by atoms with Gasteiger partial charge in [0.15, 0.2) is 6.29 Å². The number of aliphatic hydroxyl groups excluding tert-OH is 6. The SMILES string of the molecule is CCCCCCCCCCCCCCCCCCCCCCCCCCCCC(=O)N[C@@H](CO[C@H]1O[C@H](CO)[C@H](O)[C@H](O)[C@H]1O)[C@H](O)[C@H](O)CC. The van der Waals surface area contributed by atoms with Crippen LogP contribution in [0.4, 0.5) is 0 Å². The summed E-state index contributed by atoms with van der Waals surface area (Å²) in [5.74, 6) is -0.274. The van der Waals surface area contributed by atoms with Gasteiger partial charge in [-0.3, -0.25) is 4.79 Å². The number of carbonyl (C=O) groups excluding carboxylic acids is 1. The number of ether oxygens (including phenoxy) is 2. The van der Waals surface area contributed by atoms with E-state index < -0.39 is 55.6 Å². The molecule has 1 amide bonds. The van der Waals surface area contributed by atoms with E-state index >= 15 is 0 Å². The maximum absolute atomic E-state index is 12.7. The molecule has 1 aliphatic heterocycles. The molecule has 1 heterocycles. The summed E-state index contributed by atoms with van der Waals surface area (Å²) in [4.78, 5) is 12.7. The van der Waals surface area contributed by atoms with Crippen LogP contribution in [0.5, 0.6) is 0 Å². The number of rotatable bonds is 35. The fraction of sp³-hybridized carbons (Fsp3) is 0.976. The minimum atomic E-state index is -1.60. The first-order valence-electron chi connectivity index (χ1n) is 21.3. The smallest absolute Gasteiger partial charge is 0.220 e. The van der Waals surface area contributed by atoms with Crippen molar-refractivity contribution in [1.29, 1.82) is 0 Å². The molecule has 1 fully saturated rings. The molecular weight excluding hydrogens is 650 g/mol. The lowest BCUT2D eigenvalue weighted by Crippen LogP contribution is -2.60. The quantitative estimate of drug-likeness (QED) is 0.0341. The molecule has 8 atom stereocenters. The molecule has 0 aromatic heterocycles. The summed E-state index contributed by atoms with van der Waals surface area (Å²) in [5.41, 5.74) is 0.